The number of hydrogen-bond donors (Lipinski definition) is 0. The van der Waals surface area contributed by atoms with Gasteiger partial charge in [0, 0.05) is 29.8 Å². The number of aryl methyl sites for hydroxylation is 2. The molecule has 0 aromatic carbocycles. The molecule has 0 amide bonds. The fourth-order valence-corrected chi connectivity index (χ4v) is 2.50. The van der Waals surface area contributed by atoms with Crippen molar-refractivity contribution in [2.45, 2.75) is 33.0 Å². The Morgan fingerprint density at radius 1 is 1.35 bits per heavy atom. The van der Waals surface area contributed by atoms with E-state index in [-0.39, 0.29) is 12.2 Å². The van der Waals surface area contributed by atoms with Gasteiger partial charge in [0.1, 0.15) is 0 Å². The van der Waals surface area contributed by atoms with Crippen LogP contribution in [0.2, 0.25) is 0 Å². The fourth-order valence-electron chi connectivity index (χ4n) is 2.14. The molecule has 0 spiro atoms. The first-order valence-electron chi connectivity index (χ1n) is 5.87. The molecule has 1 saturated heterocycles. The van der Waals surface area contributed by atoms with Crippen LogP contribution in [0.5, 0.6) is 0 Å². The summed E-state index contributed by atoms with van der Waals surface area (Å²) in [5, 5.41) is 0.846. The molecular formula is C12H18BrN3O. The van der Waals surface area contributed by atoms with E-state index in [4.69, 9.17) is 4.74 Å². The van der Waals surface area contributed by atoms with E-state index in [0.717, 1.165) is 35.8 Å². The lowest BCUT2D eigenvalue weighted by atomic mass is 10.2. The molecule has 0 radical (unpaired) electrons. The average molecular weight is 300 g/mol. The van der Waals surface area contributed by atoms with E-state index in [1.54, 1.807) is 0 Å². The molecular weight excluding hydrogens is 282 g/mol. The molecule has 1 aromatic heterocycles. The zero-order valence-corrected chi connectivity index (χ0v) is 12.1. The Labute approximate surface area is 111 Å². The van der Waals surface area contributed by atoms with Gasteiger partial charge >= 0.3 is 0 Å². The summed E-state index contributed by atoms with van der Waals surface area (Å²) in [5.41, 5.74) is 2.03. The quantitative estimate of drug-likeness (QED) is 0.784. The second-order valence-corrected chi connectivity index (χ2v) is 5.23. The van der Waals surface area contributed by atoms with Crippen molar-refractivity contribution in [3.05, 3.63) is 17.5 Å². The van der Waals surface area contributed by atoms with Gasteiger partial charge in [0.2, 0.25) is 5.95 Å². The molecule has 1 aliphatic heterocycles. The molecule has 2 rings (SSSR count). The predicted octanol–water partition coefficient (Wildman–Crippen LogP) is 2.08. The molecule has 4 nitrogen and oxygen atoms in total. The summed E-state index contributed by atoms with van der Waals surface area (Å²) in [6.07, 6.45) is 0.430. The number of rotatable bonds is 2. The van der Waals surface area contributed by atoms with Crippen LogP contribution in [0, 0.1) is 13.8 Å². The SMILES string of the molecule is Cc1cc(C)nc(N2CC(C)OC(CBr)C2)n1. The zero-order chi connectivity index (χ0) is 12.4. The molecule has 5 heteroatoms. The normalized spacial score (nSPS) is 25.1. The van der Waals surface area contributed by atoms with Gasteiger partial charge < -0.3 is 9.64 Å². The van der Waals surface area contributed by atoms with Gasteiger partial charge in [-0.25, -0.2) is 9.97 Å². The van der Waals surface area contributed by atoms with Gasteiger partial charge in [0.25, 0.3) is 0 Å². The lowest BCUT2D eigenvalue weighted by molar-refractivity contribution is -0.00251. The Hall–Kier alpha value is -0.680. The van der Waals surface area contributed by atoms with Crippen molar-refractivity contribution in [3.8, 4) is 0 Å². The van der Waals surface area contributed by atoms with Gasteiger partial charge in [0.05, 0.1) is 12.2 Å². The van der Waals surface area contributed by atoms with Crippen LogP contribution in [-0.2, 0) is 4.74 Å². The van der Waals surface area contributed by atoms with Gasteiger partial charge in [-0.15, -0.1) is 0 Å². The Kier molecular flexibility index (Phi) is 3.99. The van der Waals surface area contributed by atoms with E-state index < -0.39 is 0 Å². The van der Waals surface area contributed by atoms with Gasteiger partial charge in [-0.2, -0.15) is 0 Å². The third-order valence-corrected chi connectivity index (χ3v) is 3.47. The van der Waals surface area contributed by atoms with Crippen molar-refractivity contribution in [2.24, 2.45) is 0 Å². The standard InChI is InChI=1S/C12H18BrN3O/c1-8-4-9(2)15-12(14-8)16-6-10(3)17-11(5-13)7-16/h4,10-11H,5-7H2,1-3H3. The van der Waals surface area contributed by atoms with E-state index >= 15 is 0 Å². The van der Waals surface area contributed by atoms with Crippen LogP contribution in [0.1, 0.15) is 18.3 Å². The van der Waals surface area contributed by atoms with Crippen LogP contribution in [-0.4, -0.2) is 40.6 Å². The number of anilines is 1. The molecule has 94 valence electrons. The van der Waals surface area contributed by atoms with Crippen LogP contribution < -0.4 is 4.90 Å². The second-order valence-electron chi connectivity index (χ2n) is 4.58. The van der Waals surface area contributed by atoms with Crippen molar-refractivity contribution in [1.82, 2.24) is 9.97 Å². The predicted molar refractivity (Wildman–Crippen MR) is 71.8 cm³/mol. The van der Waals surface area contributed by atoms with Gasteiger partial charge in [-0.05, 0) is 26.8 Å². The first-order chi connectivity index (χ1) is 8.08. The highest BCUT2D eigenvalue weighted by molar-refractivity contribution is 9.09. The van der Waals surface area contributed by atoms with Crippen LogP contribution in [0.25, 0.3) is 0 Å². The third-order valence-electron chi connectivity index (χ3n) is 2.75. The monoisotopic (exact) mass is 299 g/mol. The lowest BCUT2D eigenvalue weighted by Gasteiger charge is -2.36. The van der Waals surface area contributed by atoms with Crippen LogP contribution in [0.15, 0.2) is 6.07 Å². The molecule has 2 atom stereocenters. The minimum absolute atomic E-state index is 0.211. The zero-order valence-electron chi connectivity index (χ0n) is 10.5. The molecule has 0 N–H and O–H groups in total. The lowest BCUT2D eigenvalue weighted by Crippen LogP contribution is -2.48. The molecule has 17 heavy (non-hydrogen) atoms. The summed E-state index contributed by atoms with van der Waals surface area (Å²) < 4.78 is 5.80. The van der Waals surface area contributed by atoms with E-state index in [2.05, 4.69) is 37.7 Å². The summed E-state index contributed by atoms with van der Waals surface area (Å²) in [6, 6.07) is 2.00. The van der Waals surface area contributed by atoms with Crippen molar-refractivity contribution in [2.75, 3.05) is 23.3 Å². The summed E-state index contributed by atoms with van der Waals surface area (Å²) in [4.78, 5) is 11.2. The van der Waals surface area contributed by atoms with Gasteiger partial charge in [-0.1, -0.05) is 15.9 Å². The number of ether oxygens (including phenoxy) is 1. The fraction of sp³-hybridized carbons (Fsp3) is 0.667. The maximum Gasteiger partial charge on any atom is 0.225 e. The maximum atomic E-state index is 5.80. The van der Waals surface area contributed by atoms with E-state index in [1.807, 2.05) is 19.9 Å². The smallest absolute Gasteiger partial charge is 0.225 e. The number of nitrogens with zero attached hydrogens (tertiary/aromatic N) is 3. The van der Waals surface area contributed by atoms with Crippen molar-refractivity contribution in [1.29, 1.82) is 0 Å². The van der Waals surface area contributed by atoms with E-state index in [1.165, 1.54) is 0 Å². The van der Waals surface area contributed by atoms with Gasteiger partial charge in [-0.3, -0.25) is 0 Å². The van der Waals surface area contributed by atoms with E-state index in [0.29, 0.717) is 0 Å². The topological polar surface area (TPSA) is 38.2 Å². The Bertz CT molecular complexity index is 379. The summed E-state index contributed by atoms with van der Waals surface area (Å²) in [5.74, 6) is 0.823. The second kappa shape index (κ2) is 5.31. The first kappa shape index (κ1) is 12.8. The third kappa shape index (κ3) is 3.16. The van der Waals surface area contributed by atoms with Crippen LogP contribution in [0.4, 0.5) is 5.95 Å². The highest BCUT2D eigenvalue weighted by Crippen LogP contribution is 2.18. The number of halogens is 1. The summed E-state index contributed by atoms with van der Waals surface area (Å²) in [7, 11) is 0. The number of aromatic nitrogens is 2. The van der Waals surface area contributed by atoms with Crippen LogP contribution in [0.3, 0.4) is 0 Å². The maximum absolute atomic E-state index is 5.80. The molecule has 2 unspecified atom stereocenters. The minimum atomic E-state index is 0.211. The van der Waals surface area contributed by atoms with E-state index in [9.17, 15) is 0 Å². The Morgan fingerprint density at radius 2 is 2.00 bits per heavy atom. The highest BCUT2D eigenvalue weighted by atomic mass is 79.9. The number of hydrogen-bond acceptors (Lipinski definition) is 4. The Morgan fingerprint density at radius 3 is 2.59 bits per heavy atom. The average Bonchev–Trinajstić information content (AvgIpc) is 2.26. The van der Waals surface area contributed by atoms with Crippen molar-refractivity contribution < 1.29 is 4.74 Å². The first-order valence-corrected chi connectivity index (χ1v) is 6.99. The van der Waals surface area contributed by atoms with Crippen molar-refractivity contribution >= 4 is 21.9 Å². The molecule has 0 saturated carbocycles. The molecule has 1 aliphatic rings. The molecule has 0 bridgehead atoms. The Balaban J connectivity index is 2.20. The molecule has 2 heterocycles. The molecule has 0 aliphatic carbocycles. The highest BCUT2D eigenvalue weighted by Gasteiger charge is 2.26. The van der Waals surface area contributed by atoms with Gasteiger partial charge in [0.15, 0.2) is 0 Å². The number of morpholine rings is 1. The van der Waals surface area contributed by atoms with Crippen LogP contribution >= 0.6 is 15.9 Å². The largest absolute Gasteiger partial charge is 0.371 e. The minimum Gasteiger partial charge on any atom is -0.371 e. The summed E-state index contributed by atoms with van der Waals surface area (Å²) in [6.45, 7) is 7.80. The number of alkyl halides is 1. The summed E-state index contributed by atoms with van der Waals surface area (Å²) >= 11 is 3.47. The molecule has 1 fully saturated rings. The van der Waals surface area contributed by atoms with Crippen molar-refractivity contribution in [3.63, 3.8) is 0 Å². The molecule has 1 aromatic rings.